The Morgan fingerprint density at radius 2 is 1.70 bits per heavy atom. The SMILES string of the molecule is CCOC(=O)c1ccc(NC(=O)C2CCN(c3nccnc3Oc3ccccc3)CC2)cc1. The first-order valence-electron chi connectivity index (χ1n) is 11.0. The van der Waals surface area contributed by atoms with E-state index in [0.29, 0.717) is 61.2 Å². The molecule has 0 atom stereocenters. The molecule has 1 aromatic heterocycles. The molecule has 1 aliphatic rings. The number of anilines is 2. The molecule has 0 radical (unpaired) electrons. The van der Waals surface area contributed by atoms with Crippen LogP contribution >= 0.6 is 0 Å². The van der Waals surface area contributed by atoms with E-state index in [0.717, 1.165) is 0 Å². The first-order valence-corrected chi connectivity index (χ1v) is 11.0. The van der Waals surface area contributed by atoms with Gasteiger partial charge in [-0.3, -0.25) is 4.79 Å². The van der Waals surface area contributed by atoms with Gasteiger partial charge in [0.2, 0.25) is 5.91 Å². The van der Waals surface area contributed by atoms with Crippen LogP contribution in [0.15, 0.2) is 67.0 Å². The van der Waals surface area contributed by atoms with Crippen LogP contribution in [-0.4, -0.2) is 41.5 Å². The summed E-state index contributed by atoms with van der Waals surface area (Å²) in [6.07, 6.45) is 4.63. The maximum Gasteiger partial charge on any atom is 0.338 e. The van der Waals surface area contributed by atoms with E-state index in [1.807, 2.05) is 30.3 Å². The number of hydrogen-bond acceptors (Lipinski definition) is 7. The Hall–Kier alpha value is -3.94. The Morgan fingerprint density at radius 3 is 2.39 bits per heavy atom. The molecule has 170 valence electrons. The minimum atomic E-state index is -0.373. The molecule has 2 heterocycles. The van der Waals surface area contributed by atoms with Crippen molar-refractivity contribution < 1.29 is 19.1 Å². The molecule has 0 unspecified atom stereocenters. The van der Waals surface area contributed by atoms with E-state index < -0.39 is 0 Å². The number of hydrogen-bond donors (Lipinski definition) is 1. The average molecular weight is 447 g/mol. The van der Waals surface area contributed by atoms with Gasteiger partial charge in [-0.25, -0.2) is 14.8 Å². The largest absolute Gasteiger partial charge is 0.462 e. The highest BCUT2D eigenvalue weighted by molar-refractivity contribution is 5.94. The van der Waals surface area contributed by atoms with Crippen LogP contribution in [0.3, 0.4) is 0 Å². The fraction of sp³-hybridized carbons (Fsp3) is 0.280. The van der Waals surface area contributed by atoms with Crippen LogP contribution in [0.2, 0.25) is 0 Å². The van der Waals surface area contributed by atoms with Gasteiger partial charge in [-0.05, 0) is 56.2 Å². The van der Waals surface area contributed by atoms with Gasteiger partial charge >= 0.3 is 5.97 Å². The first-order chi connectivity index (χ1) is 16.1. The molecule has 1 fully saturated rings. The van der Waals surface area contributed by atoms with Gasteiger partial charge in [0.1, 0.15) is 5.75 Å². The van der Waals surface area contributed by atoms with Crippen LogP contribution in [-0.2, 0) is 9.53 Å². The van der Waals surface area contributed by atoms with E-state index in [1.165, 1.54) is 0 Å². The smallest absolute Gasteiger partial charge is 0.338 e. The van der Waals surface area contributed by atoms with Gasteiger partial charge in [0.25, 0.3) is 5.88 Å². The van der Waals surface area contributed by atoms with Gasteiger partial charge in [0.05, 0.1) is 12.2 Å². The molecule has 1 N–H and O–H groups in total. The second kappa shape index (κ2) is 10.6. The van der Waals surface area contributed by atoms with Crippen LogP contribution in [0.1, 0.15) is 30.1 Å². The summed E-state index contributed by atoms with van der Waals surface area (Å²) in [5, 5.41) is 2.95. The van der Waals surface area contributed by atoms with Gasteiger partial charge in [-0.2, -0.15) is 0 Å². The number of para-hydroxylation sites is 1. The van der Waals surface area contributed by atoms with Crippen molar-refractivity contribution in [3.8, 4) is 11.6 Å². The summed E-state index contributed by atoms with van der Waals surface area (Å²) >= 11 is 0. The number of rotatable bonds is 7. The Labute approximate surface area is 192 Å². The maximum absolute atomic E-state index is 12.8. The molecule has 33 heavy (non-hydrogen) atoms. The van der Waals surface area contributed by atoms with E-state index in [1.54, 1.807) is 43.6 Å². The third-order valence-corrected chi connectivity index (χ3v) is 5.43. The van der Waals surface area contributed by atoms with E-state index in [2.05, 4.69) is 20.2 Å². The Kier molecular flexibility index (Phi) is 7.14. The fourth-order valence-electron chi connectivity index (χ4n) is 3.71. The van der Waals surface area contributed by atoms with Gasteiger partial charge < -0.3 is 19.7 Å². The molecular formula is C25H26N4O4. The summed E-state index contributed by atoms with van der Waals surface area (Å²) in [5.41, 5.74) is 1.11. The fourth-order valence-corrected chi connectivity index (χ4v) is 3.71. The van der Waals surface area contributed by atoms with Crippen molar-refractivity contribution in [2.45, 2.75) is 19.8 Å². The third-order valence-electron chi connectivity index (χ3n) is 5.43. The van der Waals surface area contributed by atoms with E-state index >= 15 is 0 Å². The van der Waals surface area contributed by atoms with Crippen LogP contribution in [0.25, 0.3) is 0 Å². The monoisotopic (exact) mass is 446 g/mol. The number of amides is 1. The summed E-state index contributed by atoms with van der Waals surface area (Å²) < 4.78 is 10.9. The molecular weight excluding hydrogens is 420 g/mol. The van der Waals surface area contributed by atoms with Crippen molar-refractivity contribution in [1.82, 2.24) is 9.97 Å². The first kappa shape index (κ1) is 22.3. The minimum Gasteiger partial charge on any atom is -0.462 e. The number of aromatic nitrogens is 2. The quantitative estimate of drug-likeness (QED) is 0.541. The zero-order valence-corrected chi connectivity index (χ0v) is 18.4. The van der Waals surface area contributed by atoms with Crippen LogP contribution < -0.4 is 15.0 Å². The van der Waals surface area contributed by atoms with Crippen molar-refractivity contribution >= 4 is 23.4 Å². The molecule has 1 aliphatic heterocycles. The number of nitrogens with one attached hydrogen (secondary N) is 1. The van der Waals surface area contributed by atoms with Crippen molar-refractivity contribution in [2.24, 2.45) is 5.92 Å². The standard InChI is InChI=1S/C25H26N4O4/c1-2-32-25(31)19-8-10-20(11-9-19)28-23(30)18-12-16-29(17-13-18)22-24(27-15-14-26-22)33-21-6-4-3-5-7-21/h3-11,14-15,18H,2,12-13,16-17H2,1H3,(H,28,30). The predicted octanol–water partition coefficient (Wildman–Crippen LogP) is 4.30. The summed E-state index contributed by atoms with van der Waals surface area (Å²) in [7, 11) is 0. The van der Waals surface area contributed by atoms with Crippen molar-refractivity contribution in [1.29, 1.82) is 0 Å². The lowest BCUT2D eigenvalue weighted by Gasteiger charge is -2.32. The average Bonchev–Trinajstić information content (AvgIpc) is 2.86. The zero-order valence-electron chi connectivity index (χ0n) is 18.4. The molecule has 3 aromatic rings. The molecule has 0 spiro atoms. The third kappa shape index (κ3) is 5.65. The number of carbonyl (C=O) groups is 2. The Balaban J connectivity index is 1.34. The molecule has 1 amide bonds. The van der Waals surface area contributed by atoms with Gasteiger partial charge in [-0.1, -0.05) is 18.2 Å². The van der Waals surface area contributed by atoms with Gasteiger partial charge in [-0.15, -0.1) is 0 Å². The van der Waals surface area contributed by atoms with Gasteiger partial charge in [0, 0.05) is 37.1 Å². The Morgan fingerprint density at radius 1 is 1.00 bits per heavy atom. The molecule has 0 bridgehead atoms. The van der Waals surface area contributed by atoms with E-state index in [4.69, 9.17) is 9.47 Å². The number of ether oxygens (including phenoxy) is 2. The number of esters is 1. The highest BCUT2D eigenvalue weighted by Gasteiger charge is 2.27. The highest BCUT2D eigenvalue weighted by Crippen LogP contribution is 2.31. The zero-order chi connectivity index (χ0) is 23.0. The molecule has 8 heteroatoms. The van der Waals surface area contributed by atoms with E-state index in [9.17, 15) is 9.59 Å². The number of nitrogens with zero attached hydrogens (tertiary/aromatic N) is 3. The Bertz CT molecular complexity index is 1080. The van der Waals surface area contributed by atoms with Crippen molar-refractivity contribution in [3.63, 3.8) is 0 Å². The minimum absolute atomic E-state index is 0.0292. The lowest BCUT2D eigenvalue weighted by molar-refractivity contribution is -0.120. The van der Waals surface area contributed by atoms with Crippen LogP contribution in [0.5, 0.6) is 11.6 Å². The molecule has 0 saturated carbocycles. The molecule has 0 aliphatic carbocycles. The molecule has 8 nitrogen and oxygen atoms in total. The second-order valence-corrected chi connectivity index (χ2v) is 7.65. The highest BCUT2D eigenvalue weighted by atomic mass is 16.5. The number of benzene rings is 2. The topological polar surface area (TPSA) is 93.7 Å². The van der Waals surface area contributed by atoms with Crippen LogP contribution in [0.4, 0.5) is 11.5 Å². The summed E-state index contributed by atoms with van der Waals surface area (Å²) in [6, 6.07) is 16.2. The van der Waals surface area contributed by atoms with Crippen molar-refractivity contribution in [3.05, 3.63) is 72.6 Å². The summed E-state index contributed by atoms with van der Waals surface area (Å²) in [5.74, 6) is 1.31. The normalized spacial score (nSPS) is 13.9. The van der Waals surface area contributed by atoms with Gasteiger partial charge in [0.15, 0.2) is 5.82 Å². The maximum atomic E-state index is 12.8. The molecule has 2 aromatic carbocycles. The lowest BCUT2D eigenvalue weighted by atomic mass is 9.95. The number of carbonyl (C=O) groups excluding carboxylic acids is 2. The summed E-state index contributed by atoms with van der Waals surface area (Å²) in [4.78, 5) is 35.5. The summed E-state index contributed by atoms with van der Waals surface area (Å²) in [6.45, 7) is 3.43. The van der Waals surface area contributed by atoms with Crippen LogP contribution in [0, 0.1) is 5.92 Å². The van der Waals surface area contributed by atoms with E-state index in [-0.39, 0.29) is 17.8 Å². The molecule has 1 saturated heterocycles. The number of piperidine rings is 1. The predicted molar refractivity (Wildman–Crippen MR) is 125 cm³/mol. The second-order valence-electron chi connectivity index (χ2n) is 7.65. The lowest BCUT2D eigenvalue weighted by Crippen LogP contribution is -2.38. The van der Waals surface area contributed by atoms with Crippen molar-refractivity contribution in [2.75, 3.05) is 29.9 Å². The molecule has 4 rings (SSSR count).